The molecule has 1 aliphatic rings. The van der Waals surface area contributed by atoms with E-state index >= 15 is 0 Å². The van der Waals surface area contributed by atoms with Gasteiger partial charge in [0.15, 0.2) is 0 Å². The average molecular weight is 266 g/mol. The molecule has 0 amide bonds. The van der Waals surface area contributed by atoms with Crippen LogP contribution in [0.4, 0.5) is 0 Å². The molecule has 1 aliphatic carbocycles. The highest BCUT2D eigenvalue weighted by molar-refractivity contribution is 5.87. The number of nitrogens with one attached hydrogen (secondary N) is 2. The van der Waals surface area contributed by atoms with Crippen LogP contribution in [0.3, 0.4) is 0 Å². The Labute approximate surface area is 113 Å². The van der Waals surface area contributed by atoms with Gasteiger partial charge < -0.3 is 20.1 Å². The lowest BCUT2D eigenvalue weighted by molar-refractivity contribution is 0.0594. The molecule has 19 heavy (non-hydrogen) atoms. The van der Waals surface area contributed by atoms with Crippen LogP contribution in [0.5, 0.6) is 0 Å². The summed E-state index contributed by atoms with van der Waals surface area (Å²) in [6.07, 6.45) is 3.92. The van der Waals surface area contributed by atoms with Crippen molar-refractivity contribution in [2.75, 3.05) is 13.7 Å². The molecule has 0 saturated heterocycles. The summed E-state index contributed by atoms with van der Waals surface area (Å²) in [4.78, 5) is 14.3. The van der Waals surface area contributed by atoms with Gasteiger partial charge >= 0.3 is 5.97 Å². The van der Waals surface area contributed by atoms with Gasteiger partial charge in [-0.1, -0.05) is 0 Å². The zero-order valence-corrected chi connectivity index (χ0v) is 11.3. The number of aromatic amines is 1. The number of aromatic nitrogens is 1. The minimum Gasteiger partial charge on any atom is -0.464 e. The molecule has 5 nitrogen and oxygen atoms in total. The number of methoxy groups -OCH3 is 1. The molecule has 1 aromatic rings. The maximum Gasteiger partial charge on any atom is 0.354 e. The lowest BCUT2D eigenvalue weighted by Gasteiger charge is -2.25. The van der Waals surface area contributed by atoms with Gasteiger partial charge in [0, 0.05) is 12.2 Å². The number of aliphatic hydroxyl groups is 1. The molecule has 3 N–H and O–H groups in total. The van der Waals surface area contributed by atoms with Crippen LogP contribution in [0.25, 0.3) is 0 Å². The number of carbonyl (C=O) groups is 1. The lowest BCUT2D eigenvalue weighted by Crippen LogP contribution is -2.27. The summed E-state index contributed by atoms with van der Waals surface area (Å²) in [6.45, 7) is 1.68. The molecule has 1 heterocycles. The molecular weight excluding hydrogens is 244 g/mol. The first-order chi connectivity index (χ1) is 9.19. The second-order valence-corrected chi connectivity index (χ2v) is 5.19. The van der Waals surface area contributed by atoms with Crippen molar-refractivity contribution < 1.29 is 14.6 Å². The molecule has 0 aliphatic heterocycles. The zero-order chi connectivity index (χ0) is 13.7. The Morgan fingerprint density at radius 1 is 1.42 bits per heavy atom. The van der Waals surface area contributed by atoms with Crippen molar-refractivity contribution in [3.63, 3.8) is 0 Å². The maximum atomic E-state index is 11.3. The second kappa shape index (κ2) is 6.73. The molecule has 0 spiro atoms. The Morgan fingerprint density at radius 3 is 2.84 bits per heavy atom. The van der Waals surface area contributed by atoms with Crippen LogP contribution in [-0.2, 0) is 11.3 Å². The average Bonchev–Trinajstić information content (AvgIpc) is 2.89. The molecule has 5 heteroatoms. The third-order valence-electron chi connectivity index (χ3n) is 3.72. The van der Waals surface area contributed by atoms with Crippen LogP contribution in [0.1, 0.15) is 41.9 Å². The summed E-state index contributed by atoms with van der Waals surface area (Å²) in [5, 5.41) is 12.8. The summed E-state index contributed by atoms with van der Waals surface area (Å²) >= 11 is 0. The normalized spacial score (nSPS) is 23.3. The number of carbonyl (C=O) groups excluding carboxylic acids is 1. The maximum absolute atomic E-state index is 11.3. The van der Waals surface area contributed by atoms with Crippen molar-refractivity contribution in [3.05, 3.63) is 23.5 Å². The van der Waals surface area contributed by atoms with E-state index < -0.39 is 0 Å². The first kappa shape index (κ1) is 14.1. The first-order valence-corrected chi connectivity index (χ1v) is 6.84. The molecule has 1 saturated carbocycles. The molecule has 1 fully saturated rings. The van der Waals surface area contributed by atoms with Crippen molar-refractivity contribution in [1.82, 2.24) is 10.3 Å². The van der Waals surface area contributed by atoms with E-state index in [1.165, 1.54) is 7.11 Å². The van der Waals surface area contributed by atoms with E-state index in [1.54, 1.807) is 6.07 Å². The van der Waals surface area contributed by atoms with E-state index in [2.05, 4.69) is 15.0 Å². The Hall–Kier alpha value is -1.33. The minimum atomic E-state index is -0.340. The number of rotatable bonds is 5. The molecule has 0 bridgehead atoms. The van der Waals surface area contributed by atoms with Crippen molar-refractivity contribution in [1.29, 1.82) is 0 Å². The molecule has 2 rings (SSSR count). The third kappa shape index (κ3) is 4.08. The van der Waals surface area contributed by atoms with Crippen LogP contribution in [0, 0.1) is 5.92 Å². The fourth-order valence-electron chi connectivity index (χ4n) is 2.53. The predicted octanol–water partition coefficient (Wildman–Crippen LogP) is 1.44. The number of H-pyrrole nitrogens is 1. The number of hydrogen-bond acceptors (Lipinski definition) is 4. The van der Waals surface area contributed by atoms with E-state index in [9.17, 15) is 9.90 Å². The highest BCUT2D eigenvalue weighted by Crippen LogP contribution is 2.23. The number of esters is 1. The van der Waals surface area contributed by atoms with Gasteiger partial charge in [-0.05, 0) is 50.3 Å². The summed E-state index contributed by atoms with van der Waals surface area (Å²) in [5.74, 6) is 0.311. The van der Waals surface area contributed by atoms with Gasteiger partial charge in [-0.15, -0.1) is 0 Å². The van der Waals surface area contributed by atoms with Crippen LogP contribution < -0.4 is 5.32 Å². The number of aliphatic hydroxyl groups excluding tert-OH is 1. The van der Waals surface area contributed by atoms with E-state index in [4.69, 9.17) is 0 Å². The number of ether oxygens (including phenoxy) is 1. The standard InChI is InChI=1S/C14H22N2O3/c1-19-14(18)13-7-4-11(16-13)9-15-8-10-2-5-12(17)6-3-10/h4,7,10,12,15-17H,2-3,5-6,8-9H2,1H3. The number of hydrogen-bond donors (Lipinski definition) is 3. The van der Waals surface area contributed by atoms with Gasteiger partial charge in [-0.2, -0.15) is 0 Å². The van der Waals surface area contributed by atoms with Gasteiger partial charge in [0.25, 0.3) is 0 Å². The smallest absolute Gasteiger partial charge is 0.354 e. The van der Waals surface area contributed by atoms with Gasteiger partial charge in [-0.25, -0.2) is 4.79 Å². The first-order valence-electron chi connectivity index (χ1n) is 6.84. The summed E-state index contributed by atoms with van der Waals surface area (Å²) < 4.78 is 4.65. The minimum absolute atomic E-state index is 0.0951. The van der Waals surface area contributed by atoms with Crippen molar-refractivity contribution in [2.45, 2.75) is 38.3 Å². The topological polar surface area (TPSA) is 74.3 Å². The van der Waals surface area contributed by atoms with Crippen molar-refractivity contribution in [3.8, 4) is 0 Å². The van der Waals surface area contributed by atoms with Crippen LogP contribution in [0.15, 0.2) is 12.1 Å². The molecule has 0 radical (unpaired) electrons. The SMILES string of the molecule is COC(=O)c1ccc(CNCC2CCC(O)CC2)[nH]1. The van der Waals surface area contributed by atoms with Gasteiger partial charge in [0.2, 0.25) is 0 Å². The monoisotopic (exact) mass is 266 g/mol. The fraction of sp³-hybridized carbons (Fsp3) is 0.643. The Bertz CT molecular complexity index is 409. The summed E-state index contributed by atoms with van der Waals surface area (Å²) in [7, 11) is 1.37. The second-order valence-electron chi connectivity index (χ2n) is 5.19. The fourth-order valence-corrected chi connectivity index (χ4v) is 2.53. The van der Waals surface area contributed by atoms with Gasteiger partial charge in [0.05, 0.1) is 13.2 Å². The Kier molecular flexibility index (Phi) is 4.99. The van der Waals surface area contributed by atoms with E-state index in [1.807, 2.05) is 6.07 Å². The largest absolute Gasteiger partial charge is 0.464 e. The highest BCUT2D eigenvalue weighted by atomic mass is 16.5. The molecule has 0 unspecified atom stereocenters. The molecule has 0 atom stereocenters. The van der Waals surface area contributed by atoms with Crippen LogP contribution >= 0.6 is 0 Å². The van der Waals surface area contributed by atoms with Crippen LogP contribution in [-0.4, -0.2) is 35.8 Å². The predicted molar refractivity (Wildman–Crippen MR) is 71.8 cm³/mol. The van der Waals surface area contributed by atoms with Crippen molar-refractivity contribution >= 4 is 5.97 Å². The summed E-state index contributed by atoms with van der Waals surface area (Å²) in [6, 6.07) is 3.63. The van der Waals surface area contributed by atoms with Crippen molar-refractivity contribution in [2.24, 2.45) is 5.92 Å². The molecular formula is C14H22N2O3. The highest BCUT2D eigenvalue weighted by Gasteiger charge is 2.18. The van der Waals surface area contributed by atoms with Gasteiger partial charge in [0.1, 0.15) is 5.69 Å². The van der Waals surface area contributed by atoms with E-state index in [0.717, 1.165) is 44.5 Å². The Morgan fingerprint density at radius 2 is 2.16 bits per heavy atom. The quantitative estimate of drug-likeness (QED) is 0.705. The lowest BCUT2D eigenvalue weighted by atomic mass is 9.87. The Balaban J connectivity index is 1.71. The summed E-state index contributed by atoms with van der Waals surface area (Å²) in [5.41, 5.74) is 1.47. The molecule has 1 aromatic heterocycles. The zero-order valence-electron chi connectivity index (χ0n) is 11.3. The molecule has 0 aromatic carbocycles. The van der Waals surface area contributed by atoms with E-state index in [-0.39, 0.29) is 12.1 Å². The molecule has 106 valence electrons. The van der Waals surface area contributed by atoms with Crippen LogP contribution in [0.2, 0.25) is 0 Å². The van der Waals surface area contributed by atoms with E-state index in [0.29, 0.717) is 11.6 Å². The third-order valence-corrected chi connectivity index (χ3v) is 3.72. The van der Waals surface area contributed by atoms with Gasteiger partial charge in [-0.3, -0.25) is 0 Å².